The number of piperidine rings is 1. The fraction of sp³-hybridized carbons (Fsp3) is 0.415. The number of unbranched alkanes of at least 4 members (excludes halogenated alkanes) is 1. The third-order valence-corrected chi connectivity index (χ3v) is 13.4. The van der Waals surface area contributed by atoms with Crippen LogP contribution in [0.4, 0.5) is 35.3 Å². The number of aromatic nitrogens is 4. The van der Waals surface area contributed by atoms with Crippen LogP contribution in [0.2, 0.25) is 0 Å². The van der Waals surface area contributed by atoms with Crippen molar-refractivity contribution in [2.45, 2.75) is 103 Å². The molecule has 2 aliphatic heterocycles. The van der Waals surface area contributed by atoms with Gasteiger partial charge in [0.15, 0.2) is 0 Å². The summed E-state index contributed by atoms with van der Waals surface area (Å²) in [6.45, 7) is 6.27. The first-order chi connectivity index (χ1) is 35.1. The van der Waals surface area contributed by atoms with Gasteiger partial charge in [-0.1, -0.05) is 55.7 Å². The highest BCUT2D eigenvalue weighted by atomic mass is 19.4. The van der Waals surface area contributed by atoms with Gasteiger partial charge in [-0.25, -0.2) is 14.8 Å². The molecule has 20 heteroatoms. The number of rotatable bonds is 16. The Morgan fingerprint density at radius 2 is 1.70 bits per heavy atom. The number of hydrogen-bond acceptors (Lipinski definition) is 10. The van der Waals surface area contributed by atoms with Crippen molar-refractivity contribution >= 4 is 70.4 Å². The second-order valence-electron chi connectivity index (χ2n) is 18.8. The number of carbonyl (C=O) groups is 6. The molecule has 3 aromatic heterocycles. The Balaban J connectivity index is 0.000000412. The number of alkyl halides is 3. The van der Waals surface area contributed by atoms with Gasteiger partial charge in [-0.3, -0.25) is 39.3 Å². The quantitative estimate of drug-likeness (QED) is 0.0469. The molecular weight excluding hydrogens is 944 g/mol. The van der Waals surface area contributed by atoms with E-state index in [9.17, 15) is 41.9 Å². The zero-order valence-corrected chi connectivity index (χ0v) is 41.1. The Hall–Kier alpha value is -7.64. The van der Waals surface area contributed by atoms with Gasteiger partial charge < -0.3 is 26.2 Å². The van der Waals surface area contributed by atoms with Gasteiger partial charge in [0, 0.05) is 79.8 Å². The fourth-order valence-electron chi connectivity index (χ4n) is 9.28. The number of halogens is 3. The number of urea groups is 1. The molecule has 8 rings (SSSR count). The Morgan fingerprint density at radius 1 is 0.945 bits per heavy atom. The summed E-state index contributed by atoms with van der Waals surface area (Å²) in [5, 5.41) is 16.0. The number of carbonyl (C=O) groups excluding carboxylic acids is 6. The maximum atomic E-state index is 13.5. The van der Waals surface area contributed by atoms with E-state index in [4.69, 9.17) is 5.73 Å². The number of anilines is 3. The highest BCUT2D eigenvalue weighted by Gasteiger charge is 2.31. The Bertz CT molecular complexity index is 2800. The van der Waals surface area contributed by atoms with E-state index in [1.807, 2.05) is 44.2 Å². The number of nitrogens with zero attached hydrogens (tertiary/aromatic N) is 6. The molecule has 2 aromatic carbocycles. The maximum Gasteiger partial charge on any atom is 0.416 e. The number of aromatic amines is 1. The molecule has 0 radical (unpaired) electrons. The van der Waals surface area contributed by atoms with Crippen LogP contribution in [-0.2, 0) is 25.4 Å². The number of likely N-dealkylation sites (tertiary alicyclic amines) is 1. The zero-order valence-electron chi connectivity index (χ0n) is 41.1. The molecule has 0 bridgehead atoms. The average Bonchev–Trinajstić information content (AvgIpc) is 3.84. The van der Waals surface area contributed by atoms with Crippen LogP contribution in [0.3, 0.4) is 0 Å². The molecule has 3 aliphatic rings. The van der Waals surface area contributed by atoms with Crippen molar-refractivity contribution in [3.05, 3.63) is 101 Å². The Morgan fingerprint density at radius 3 is 2.41 bits per heavy atom. The third-order valence-electron chi connectivity index (χ3n) is 13.4. The summed E-state index contributed by atoms with van der Waals surface area (Å²) in [6, 6.07) is 13.8. The number of aryl methyl sites for hydroxylation is 2. The normalized spacial score (nSPS) is 15.7. The first-order valence-electron chi connectivity index (χ1n) is 24.8. The number of pyridine rings is 2. The smallest absolute Gasteiger partial charge is 0.383 e. The van der Waals surface area contributed by atoms with Crippen LogP contribution in [0.15, 0.2) is 73.1 Å². The maximum absolute atomic E-state index is 13.5. The van der Waals surface area contributed by atoms with Crippen molar-refractivity contribution in [2.24, 2.45) is 5.92 Å². The van der Waals surface area contributed by atoms with E-state index < -0.39 is 17.6 Å². The predicted octanol–water partition coefficient (Wildman–Crippen LogP) is 8.34. The number of nitrogens with one attached hydrogen (secondary N) is 4. The van der Waals surface area contributed by atoms with Crippen molar-refractivity contribution in [3.8, 4) is 11.3 Å². The van der Waals surface area contributed by atoms with Crippen molar-refractivity contribution < 1.29 is 41.9 Å². The summed E-state index contributed by atoms with van der Waals surface area (Å²) < 4.78 is 39.3. The molecule has 3 fully saturated rings. The number of benzene rings is 2. The predicted molar refractivity (Wildman–Crippen MR) is 272 cm³/mol. The molecule has 0 spiro atoms. The summed E-state index contributed by atoms with van der Waals surface area (Å²) in [4.78, 5) is 86.3. The molecule has 73 heavy (non-hydrogen) atoms. The van der Waals surface area contributed by atoms with Gasteiger partial charge >= 0.3 is 12.2 Å². The van der Waals surface area contributed by atoms with Gasteiger partial charge in [0.2, 0.25) is 24.1 Å². The number of H-pyrrole nitrogens is 1. The van der Waals surface area contributed by atoms with E-state index in [1.54, 1.807) is 33.0 Å². The second-order valence-corrected chi connectivity index (χ2v) is 18.8. The lowest BCUT2D eigenvalue weighted by Crippen LogP contribution is -2.49. The first kappa shape index (κ1) is 53.2. The molecule has 5 heterocycles. The molecule has 6 N–H and O–H groups in total. The summed E-state index contributed by atoms with van der Waals surface area (Å²) in [7, 11) is 0. The summed E-state index contributed by atoms with van der Waals surface area (Å²) >= 11 is 0. The van der Waals surface area contributed by atoms with Crippen LogP contribution in [0.1, 0.15) is 110 Å². The van der Waals surface area contributed by atoms with Crippen molar-refractivity contribution in [2.75, 3.05) is 48.7 Å². The van der Waals surface area contributed by atoms with Crippen LogP contribution in [0.25, 0.3) is 28.2 Å². The number of hydrogen-bond donors (Lipinski definition) is 5. The van der Waals surface area contributed by atoms with E-state index in [0.717, 1.165) is 86.5 Å². The number of nitrogen functional groups attached to an aromatic ring is 1. The molecule has 2 saturated heterocycles. The number of imide groups is 1. The highest BCUT2D eigenvalue weighted by molar-refractivity contribution is 6.07. The molecule has 7 amide bonds. The molecule has 0 unspecified atom stereocenters. The monoisotopic (exact) mass is 1010 g/mol. The minimum Gasteiger partial charge on any atom is -0.383 e. The van der Waals surface area contributed by atoms with Gasteiger partial charge in [0.05, 0.1) is 23.2 Å². The number of fused-ring (bicyclic) bond motifs is 1. The largest absolute Gasteiger partial charge is 0.416 e. The van der Waals surface area contributed by atoms with E-state index in [-0.39, 0.29) is 53.5 Å². The van der Waals surface area contributed by atoms with Crippen LogP contribution in [0.5, 0.6) is 0 Å². The van der Waals surface area contributed by atoms with Crippen LogP contribution in [0, 0.1) is 19.8 Å². The fourth-order valence-corrected chi connectivity index (χ4v) is 9.28. The number of amides is 7. The van der Waals surface area contributed by atoms with Gasteiger partial charge in [-0.2, -0.15) is 18.3 Å². The molecule has 1 saturated carbocycles. The third kappa shape index (κ3) is 14.5. The number of nitrogens with two attached hydrogens (primary N) is 1. The highest BCUT2D eigenvalue weighted by Crippen LogP contribution is 2.33. The van der Waals surface area contributed by atoms with E-state index in [2.05, 4.69) is 36.1 Å². The zero-order chi connectivity index (χ0) is 52.1. The van der Waals surface area contributed by atoms with Gasteiger partial charge in [-0.05, 0) is 106 Å². The lowest BCUT2D eigenvalue weighted by molar-refractivity contribution is -0.137. The first-order valence-corrected chi connectivity index (χ1v) is 24.8. The second kappa shape index (κ2) is 24.7. The summed E-state index contributed by atoms with van der Waals surface area (Å²) in [5.74, 6) is -0.584. The van der Waals surface area contributed by atoms with E-state index in [0.29, 0.717) is 85.5 Å². The molecule has 17 nitrogen and oxygen atoms in total. The van der Waals surface area contributed by atoms with Gasteiger partial charge in [0.1, 0.15) is 17.2 Å². The van der Waals surface area contributed by atoms with Crippen LogP contribution in [-0.4, -0.2) is 105 Å². The van der Waals surface area contributed by atoms with Gasteiger partial charge in [-0.15, -0.1) is 0 Å². The van der Waals surface area contributed by atoms with Gasteiger partial charge in [0.25, 0.3) is 5.91 Å². The standard InChI is InChI=1S/C41H48F3N9O4.C12H14N2O2/c42-41(43,44)31-16-19-46-33(23-31)49-40(57)29-13-11-28(12-14-29)37-36-38(51-50-37)30(24-47-39(36)45)7-3-2-6-20-53(25-34(55)48-32-8-4-1-5-9-32)35(56)15-10-27-17-21-52(26-54)22-18-27;1-8-3-4-9(2)10(7-8)14-6-5-11(15)13-12(14)16/h3,7,11-14,16,19,23-24,26-27,32H,1-2,4-6,8-10,15,17-18,20-22,25H2,(H2,45,47)(H,48,55)(H,50,51)(H,46,49,57);3-4,7H,5-6H2,1-2H3,(H,13,15,16)/b7-3+;. The lowest BCUT2D eigenvalue weighted by Gasteiger charge is -2.30. The summed E-state index contributed by atoms with van der Waals surface area (Å²) in [5.41, 5.74) is 11.1. The number of allylic oxidation sites excluding steroid dienone is 1. The Labute approximate surface area is 421 Å². The topological polar surface area (TPSA) is 229 Å². The van der Waals surface area contributed by atoms with Crippen molar-refractivity contribution in [1.82, 2.24) is 40.6 Å². The van der Waals surface area contributed by atoms with E-state index >= 15 is 0 Å². The minimum atomic E-state index is -4.57. The molecular formula is C53H62F3N11O6. The molecule has 1 aliphatic carbocycles. The summed E-state index contributed by atoms with van der Waals surface area (Å²) in [6.07, 6.45) is 12.6. The average molecular weight is 1010 g/mol. The Kier molecular flexibility index (Phi) is 18.0. The molecule has 0 atom stereocenters. The van der Waals surface area contributed by atoms with Crippen molar-refractivity contribution in [1.29, 1.82) is 0 Å². The SMILES string of the molecule is Cc1ccc(C)c(N2CCC(=O)NC2=O)c1.Nc1ncc(/C=C/CCCN(CC(=O)NC2CCCCC2)C(=O)CCC2CCN(C=O)CC2)c2n[nH]c(-c3ccc(C(=O)Nc4cc(C(F)(F)F)ccn4)cc3)c12. The van der Waals surface area contributed by atoms with Crippen LogP contribution >= 0.6 is 0 Å². The minimum absolute atomic E-state index is 0.0276. The van der Waals surface area contributed by atoms with Crippen molar-refractivity contribution in [3.63, 3.8) is 0 Å². The molecule has 386 valence electrons. The lowest BCUT2D eigenvalue weighted by atomic mass is 9.92. The van der Waals surface area contributed by atoms with Crippen LogP contribution < -0.4 is 26.6 Å². The molecule has 5 aromatic rings. The van der Waals surface area contributed by atoms with E-state index in [1.165, 1.54) is 18.6 Å².